The summed E-state index contributed by atoms with van der Waals surface area (Å²) in [6, 6.07) is 6.32. The lowest BCUT2D eigenvalue weighted by molar-refractivity contribution is 0.121. The second-order valence-corrected chi connectivity index (χ2v) is 7.13. The number of benzene rings is 1. The number of rotatable bonds is 4. The van der Waals surface area contributed by atoms with Gasteiger partial charge in [-0.1, -0.05) is 11.6 Å². The lowest BCUT2D eigenvalue weighted by Gasteiger charge is -2.30. The van der Waals surface area contributed by atoms with Gasteiger partial charge in [-0.3, -0.25) is 0 Å². The van der Waals surface area contributed by atoms with Gasteiger partial charge in [-0.25, -0.2) is 8.42 Å². The van der Waals surface area contributed by atoms with E-state index < -0.39 is 10.0 Å². The van der Waals surface area contributed by atoms with Crippen molar-refractivity contribution in [3.05, 3.63) is 29.3 Å². The van der Waals surface area contributed by atoms with Crippen LogP contribution in [0.4, 0.5) is 0 Å². The Kier molecular flexibility index (Phi) is 4.84. The van der Waals surface area contributed by atoms with Gasteiger partial charge in [0, 0.05) is 31.8 Å². The fraction of sp³-hybridized carbons (Fsp3) is 0.538. The van der Waals surface area contributed by atoms with Crippen molar-refractivity contribution in [1.82, 2.24) is 4.31 Å². The van der Waals surface area contributed by atoms with Crippen molar-refractivity contribution >= 4 is 21.6 Å². The standard InChI is InChI=1S/C13H18ClNO3S/c1-18-10-11-6-8-15(9-7-11)19(16,17)13-4-2-12(14)3-5-13/h2-5,11H,6-10H2,1H3. The zero-order chi connectivity index (χ0) is 13.9. The molecule has 19 heavy (non-hydrogen) atoms. The summed E-state index contributed by atoms with van der Waals surface area (Å²) >= 11 is 5.78. The van der Waals surface area contributed by atoms with Crippen molar-refractivity contribution in [1.29, 1.82) is 0 Å². The SMILES string of the molecule is COCC1CCN(S(=O)(=O)c2ccc(Cl)cc2)CC1. The third kappa shape index (κ3) is 3.48. The quantitative estimate of drug-likeness (QED) is 0.858. The first-order chi connectivity index (χ1) is 9.04. The Balaban J connectivity index is 2.07. The summed E-state index contributed by atoms with van der Waals surface area (Å²) in [5.74, 6) is 0.460. The molecule has 2 rings (SSSR count). The van der Waals surface area contributed by atoms with Crippen LogP contribution in [0.2, 0.25) is 5.02 Å². The fourth-order valence-corrected chi connectivity index (χ4v) is 3.90. The van der Waals surface area contributed by atoms with Crippen molar-refractivity contribution in [2.24, 2.45) is 5.92 Å². The van der Waals surface area contributed by atoms with Gasteiger partial charge >= 0.3 is 0 Å². The predicted octanol–water partition coefficient (Wildman–Crippen LogP) is 2.39. The molecule has 6 heteroatoms. The minimum Gasteiger partial charge on any atom is -0.384 e. The number of piperidine rings is 1. The number of nitrogens with zero attached hydrogens (tertiary/aromatic N) is 1. The summed E-state index contributed by atoms with van der Waals surface area (Å²) in [7, 11) is -1.71. The van der Waals surface area contributed by atoms with Crippen LogP contribution >= 0.6 is 11.6 Å². The number of hydrogen-bond donors (Lipinski definition) is 0. The lowest BCUT2D eigenvalue weighted by Crippen LogP contribution is -2.39. The first-order valence-electron chi connectivity index (χ1n) is 6.28. The average Bonchev–Trinajstić information content (AvgIpc) is 2.40. The zero-order valence-corrected chi connectivity index (χ0v) is 12.5. The van der Waals surface area contributed by atoms with E-state index in [0.717, 1.165) is 12.8 Å². The van der Waals surface area contributed by atoms with Crippen molar-refractivity contribution in [3.8, 4) is 0 Å². The molecule has 1 aliphatic rings. The first kappa shape index (κ1) is 14.8. The summed E-state index contributed by atoms with van der Waals surface area (Å²) in [5.41, 5.74) is 0. The second kappa shape index (κ2) is 6.22. The Morgan fingerprint density at radius 3 is 2.37 bits per heavy atom. The molecule has 0 saturated carbocycles. The Morgan fingerprint density at radius 1 is 1.26 bits per heavy atom. The molecule has 0 spiro atoms. The highest BCUT2D eigenvalue weighted by Crippen LogP contribution is 2.24. The van der Waals surface area contributed by atoms with Crippen LogP contribution in [-0.2, 0) is 14.8 Å². The maximum absolute atomic E-state index is 12.4. The molecule has 1 aromatic rings. The Bertz CT molecular complexity index is 507. The third-order valence-electron chi connectivity index (χ3n) is 3.43. The summed E-state index contributed by atoms with van der Waals surface area (Å²) in [4.78, 5) is 0.307. The van der Waals surface area contributed by atoms with Gasteiger partial charge in [0.2, 0.25) is 10.0 Å². The number of ether oxygens (including phenoxy) is 1. The van der Waals surface area contributed by atoms with Crippen molar-refractivity contribution in [2.75, 3.05) is 26.8 Å². The van der Waals surface area contributed by atoms with Crippen LogP contribution in [0.15, 0.2) is 29.2 Å². The van der Waals surface area contributed by atoms with Crippen molar-refractivity contribution in [3.63, 3.8) is 0 Å². The Hall–Kier alpha value is -0.620. The molecule has 0 bridgehead atoms. The van der Waals surface area contributed by atoms with Gasteiger partial charge in [-0.2, -0.15) is 4.31 Å². The summed E-state index contributed by atoms with van der Waals surface area (Å²) < 4.78 is 31.5. The van der Waals surface area contributed by atoms with E-state index >= 15 is 0 Å². The van der Waals surface area contributed by atoms with Crippen LogP contribution in [0.25, 0.3) is 0 Å². The Morgan fingerprint density at radius 2 is 1.84 bits per heavy atom. The van der Waals surface area contributed by atoms with Gasteiger partial charge in [-0.05, 0) is 43.0 Å². The molecule has 1 aliphatic heterocycles. The molecule has 0 amide bonds. The van der Waals surface area contributed by atoms with Crippen LogP contribution in [0.3, 0.4) is 0 Å². The topological polar surface area (TPSA) is 46.6 Å². The number of methoxy groups -OCH3 is 1. The largest absolute Gasteiger partial charge is 0.384 e. The molecule has 1 fully saturated rings. The molecule has 0 radical (unpaired) electrons. The molecule has 0 unspecified atom stereocenters. The fourth-order valence-electron chi connectivity index (χ4n) is 2.31. The van der Waals surface area contributed by atoms with Gasteiger partial charge in [0.05, 0.1) is 4.90 Å². The molecule has 0 aromatic heterocycles. The van der Waals surface area contributed by atoms with Gasteiger partial charge < -0.3 is 4.74 Å². The van der Waals surface area contributed by atoms with Gasteiger partial charge in [0.1, 0.15) is 0 Å². The van der Waals surface area contributed by atoms with Crippen LogP contribution < -0.4 is 0 Å². The minimum atomic E-state index is -3.38. The van der Waals surface area contributed by atoms with Crippen LogP contribution in [0.5, 0.6) is 0 Å². The summed E-state index contributed by atoms with van der Waals surface area (Å²) in [6.45, 7) is 1.81. The molecule has 1 saturated heterocycles. The van der Waals surface area contributed by atoms with E-state index in [-0.39, 0.29) is 0 Å². The van der Waals surface area contributed by atoms with E-state index in [2.05, 4.69) is 0 Å². The zero-order valence-electron chi connectivity index (χ0n) is 10.9. The van der Waals surface area contributed by atoms with E-state index in [9.17, 15) is 8.42 Å². The molecular formula is C13H18ClNO3S. The molecule has 0 atom stereocenters. The normalized spacial score (nSPS) is 18.6. The molecule has 0 N–H and O–H groups in total. The molecule has 106 valence electrons. The predicted molar refractivity (Wildman–Crippen MR) is 74.8 cm³/mol. The average molecular weight is 304 g/mol. The van der Waals surface area contributed by atoms with E-state index in [1.54, 1.807) is 35.7 Å². The maximum atomic E-state index is 12.4. The number of halogens is 1. The van der Waals surface area contributed by atoms with Crippen molar-refractivity contribution < 1.29 is 13.2 Å². The van der Waals surface area contributed by atoms with Gasteiger partial charge in [-0.15, -0.1) is 0 Å². The van der Waals surface area contributed by atoms with Gasteiger partial charge in [0.25, 0.3) is 0 Å². The van der Waals surface area contributed by atoms with E-state index in [1.807, 2.05) is 0 Å². The maximum Gasteiger partial charge on any atom is 0.243 e. The molecule has 4 nitrogen and oxygen atoms in total. The minimum absolute atomic E-state index is 0.307. The Labute approximate surface area is 119 Å². The molecular weight excluding hydrogens is 286 g/mol. The molecule has 1 heterocycles. The first-order valence-corrected chi connectivity index (χ1v) is 8.10. The number of hydrogen-bond acceptors (Lipinski definition) is 3. The van der Waals surface area contributed by atoms with E-state index in [4.69, 9.17) is 16.3 Å². The smallest absolute Gasteiger partial charge is 0.243 e. The summed E-state index contributed by atoms with van der Waals surface area (Å²) in [6.07, 6.45) is 1.70. The van der Waals surface area contributed by atoms with Gasteiger partial charge in [0.15, 0.2) is 0 Å². The van der Waals surface area contributed by atoms with Crippen LogP contribution in [0.1, 0.15) is 12.8 Å². The second-order valence-electron chi connectivity index (χ2n) is 4.76. The van der Waals surface area contributed by atoms with Crippen LogP contribution in [0, 0.1) is 5.92 Å². The molecule has 0 aliphatic carbocycles. The molecule has 1 aromatic carbocycles. The highest BCUT2D eigenvalue weighted by molar-refractivity contribution is 7.89. The highest BCUT2D eigenvalue weighted by Gasteiger charge is 2.29. The van der Waals surface area contributed by atoms with Crippen molar-refractivity contribution in [2.45, 2.75) is 17.7 Å². The van der Waals surface area contributed by atoms with E-state index in [1.165, 1.54) is 0 Å². The number of sulfonamides is 1. The lowest BCUT2D eigenvalue weighted by atomic mass is 9.99. The van der Waals surface area contributed by atoms with Crippen LogP contribution in [-0.4, -0.2) is 39.5 Å². The van der Waals surface area contributed by atoms with E-state index in [0.29, 0.717) is 35.5 Å². The third-order valence-corrected chi connectivity index (χ3v) is 5.59. The monoisotopic (exact) mass is 303 g/mol. The highest BCUT2D eigenvalue weighted by atomic mass is 35.5. The summed E-state index contributed by atoms with van der Waals surface area (Å²) in [5, 5.41) is 0.540.